The Bertz CT molecular complexity index is 411. The van der Waals surface area contributed by atoms with E-state index in [1.165, 1.54) is 20.1 Å². The number of ether oxygens (including phenoxy) is 1. The molecule has 0 saturated heterocycles. The highest BCUT2D eigenvalue weighted by Gasteiger charge is 2.30. The summed E-state index contributed by atoms with van der Waals surface area (Å²) < 4.78 is 41.9. The van der Waals surface area contributed by atoms with Gasteiger partial charge in [0, 0.05) is 19.1 Å². The standard InChI is InChI=1S/C12H13F3O2/c1-8-7-9(12(13,14)15)3-4-10(8)11(16)5-6-17-2/h3-4,7H,5-6H2,1-2H3. The van der Waals surface area contributed by atoms with E-state index in [0.717, 1.165) is 12.1 Å². The molecule has 0 heterocycles. The summed E-state index contributed by atoms with van der Waals surface area (Å²) in [5, 5.41) is 0. The average Bonchev–Trinajstić information content (AvgIpc) is 2.24. The molecule has 0 bridgehead atoms. The maximum atomic E-state index is 12.4. The molecular weight excluding hydrogens is 233 g/mol. The van der Waals surface area contributed by atoms with Gasteiger partial charge in [-0.25, -0.2) is 0 Å². The normalized spacial score (nSPS) is 11.6. The van der Waals surface area contributed by atoms with E-state index >= 15 is 0 Å². The van der Waals surface area contributed by atoms with Gasteiger partial charge in [0.15, 0.2) is 5.78 Å². The Hall–Kier alpha value is -1.36. The molecule has 0 fully saturated rings. The Balaban J connectivity index is 2.94. The number of hydrogen-bond donors (Lipinski definition) is 0. The lowest BCUT2D eigenvalue weighted by Crippen LogP contribution is -2.09. The summed E-state index contributed by atoms with van der Waals surface area (Å²) in [4.78, 5) is 11.6. The summed E-state index contributed by atoms with van der Waals surface area (Å²) in [5.41, 5.74) is -0.0886. The van der Waals surface area contributed by atoms with Crippen LogP contribution in [0.5, 0.6) is 0 Å². The Morgan fingerprint density at radius 1 is 1.35 bits per heavy atom. The summed E-state index contributed by atoms with van der Waals surface area (Å²) in [7, 11) is 1.47. The third-order valence-corrected chi connectivity index (χ3v) is 2.39. The molecule has 17 heavy (non-hydrogen) atoms. The highest BCUT2D eigenvalue weighted by atomic mass is 19.4. The number of aryl methyl sites for hydroxylation is 1. The third kappa shape index (κ3) is 3.56. The first kappa shape index (κ1) is 13.7. The minimum absolute atomic E-state index is 0.169. The van der Waals surface area contributed by atoms with Crippen molar-refractivity contribution in [1.29, 1.82) is 0 Å². The molecule has 1 aromatic carbocycles. The minimum Gasteiger partial charge on any atom is -0.384 e. The third-order valence-electron chi connectivity index (χ3n) is 2.39. The van der Waals surface area contributed by atoms with Crippen LogP contribution in [0.3, 0.4) is 0 Å². The number of halogens is 3. The number of methoxy groups -OCH3 is 1. The Labute approximate surface area is 97.4 Å². The fourth-order valence-corrected chi connectivity index (χ4v) is 1.48. The van der Waals surface area contributed by atoms with Gasteiger partial charge in [0.05, 0.1) is 12.2 Å². The number of ketones is 1. The van der Waals surface area contributed by atoms with Crippen molar-refractivity contribution in [3.8, 4) is 0 Å². The molecule has 0 aliphatic rings. The lowest BCUT2D eigenvalue weighted by molar-refractivity contribution is -0.137. The van der Waals surface area contributed by atoms with Gasteiger partial charge < -0.3 is 4.74 Å². The first-order valence-electron chi connectivity index (χ1n) is 5.06. The van der Waals surface area contributed by atoms with Crippen molar-refractivity contribution in [3.05, 3.63) is 34.9 Å². The summed E-state index contributed by atoms with van der Waals surface area (Å²) in [6, 6.07) is 3.13. The minimum atomic E-state index is -4.38. The van der Waals surface area contributed by atoms with Gasteiger partial charge in [0.1, 0.15) is 0 Å². The molecule has 94 valence electrons. The number of alkyl halides is 3. The molecule has 1 rings (SSSR count). The SMILES string of the molecule is COCCC(=O)c1ccc(C(F)(F)F)cc1C. The molecule has 0 amide bonds. The summed E-state index contributed by atoms with van der Waals surface area (Å²) in [5.74, 6) is -0.210. The molecule has 0 aliphatic carbocycles. The Morgan fingerprint density at radius 3 is 2.47 bits per heavy atom. The van der Waals surface area contributed by atoms with Gasteiger partial charge in [-0.1, -0.05) is 6.07 Å². The second-order valence-electron chi connectivity index (χ2n) is 3.69. The number of rotatable bonds is 4. The largest absolute Gasteiger partial charge is 0.416 e. The van der Waals surface area contributed by atoms with Crippen LogP contribution in [0.15, 0.2) is 18.2 Å². The molecular formula is C12H13F3O2. The quantitative estimate of drug-likeness (QED) is 0.762. The molecule has 0 N–H and O–H groups in total. The average molecular weight is 246 g/mol. The maximum Gasteiger partial charge on any atom is 0.416 e. The van der Waals surface area contributed by atoms with E-state index in [9.17, 15) is 18.0 Å². The van der Waals surface area contributed by atoms with Crippen LogP contribution in [0.25, 0.3) is 0 Å². The molecule has 0 aliphatic heterocycles. The van der Waals surface area contributed by atoms with Gasteiger partial charge in [-0.15, -0.1) is 0 Å². The lowest BCUT2D eigenvalue weighted by Gasteiger charge is -2.10. The maximum absolute atomic E-state index is 12.4. The summed E-state index contributed by atoms with van der Waals surface area (Å²) in [6.07, 6.45) is -4.21. The number of hydrogen-bond acceptors (Lipinski definition) is 2. The van der Waals surface area contributed by atoms with Gasteiger partial charge in [0.25, 0.3) is 0 Å². The Morgan fingerprint density at radius 2 is 2.00 bits per heavy atom. The molecule has 0 spiro atoms. The predicted molar refractivity (Wildman–Crippen MR) is 57.0 cm³/mol. The van der Waals surface area contributed by atoms with Gasteiger partial charge in [-0.3, -0.25) is 4.79 Å². The van der Waals surface area contributed by atoms with Crippen LogP contribution < -0.4 is 0 Å². The fraction of sp³-hybridized carbons (Fsp3) is 0.417. The topological polar surface area (TPSA) is 26.3 Å². The van der Waals surface area contributed by atoms with Gasteiger partial charge in [0.2, 0.25) is 0 Å². The number of Topliss-reactive ketones (excluding diaryl/α,β-unsaturated/α-hetero) is 1. The van der Waals surface area contributed by atoms with E-state index in [2.05, 4.69) is 0 Å². The molecule has 0 aromatic heterocycles. The van der Waals surface area contributed by atoms with Crippen molar-refractivity contribution in [2.45, 2.75) is 19.5 Å². The number of benzene rings is 1. The van der Waals surface area contributed by atoms with Crippen LogP contribution >= 0.6 is 0 Å². The molecule has 0 unspecified atom stereocenters. The van der Waals surface area contributed by atoms with E-state index in [0.29, 0.717) is 11.1 Å². The molecule has 1 aromatic rings. The van der Waals surface area contributed by atoms with Gasteiger partial charge in [-0.05, 0) is 24.6 Å². The van der Waals surface area contributed by atoms with E-state index in [1.807, 2.05) is 0 Å². The van der Waals surface area contributed by atoms with Crippen LogP contribution in [-0.4, -0.2) is 19.5 Å². The van der Waals surface area contributed by atoms with E-state index < -0.39 is 11.7 Å². The van der Waals surface area contributed by atoms with Crippen LogP contribution in [0.4, 0.5) is 13.2 Å². The number of carbonyl (C=O) groups is 1. The van der Waals surface area contributed by atoms with E-state index in [1.54, 1.807) is 0 Å². The lowest BCUT2D eigenvalue weighted by atomic mass is 10.00. The molecule has 2 nitrogen and oxygen atoms in total. The first-order valence-corrected chi connectivity index (χ1v) is 5.06. The second-order valence-corrected chi connectivity index (χ2v) is 3.69. The second kappa shape index (κ2) is 5.31. The monoisotopic (exact) mass is 246 g/mol. The molecule has 0 atom stereocenters. The van der Waals surface area contributed by atoms with Crippen molar-refractivity contribution < 1.29 is 22.7 Å². The first-order chi connectivity index (χ1) is 7.86. The summed E-state index contributed by atoms with van der Waals surface area (Å²) in [6.45, 7) is 1.76. The van der Waals surface area contributed by atoms with Crippen molar-refractivity contribution in [2.24, 2.45) is 0 Å². The Kier molecular flexibility index (Phi) is 4.28. The van der Waals surface area contributed by atoms with Crippen LogP contribution in [0, 0.1) is 6.92 Å². The van der Waals surface area contributed by atoms with Crippen molar-refractivity contribution in [2.75, 3.05) is 13.7 Å². The molecule has 0 radical (unpaired) electrons. The fourth-order valence-electron chi connectivity index (χ4n) is 1.48. The van der Waals surface area contributed by atoms with Crippen molar-refractivity contribution in [1.82, 2.24) is 0 Å². The summed E-state index contributed by atoms with van der Waals surface area (Å²) >= 11 is 0. The zero-order valence-electron chi connectivity index (χ0n) is 9.60. The van der Waals surface area contributed by atoms with Gasteiger partial charge in [-0.2, -0.15) is 13.2 Å². The van der Waals surface area contributed by atoms with Gasteiger partial charge >= 0.3 is 6.18 Å². The highest BCUT2D eigenvalue weighted by molar-refractivity contribution is 5.97. The van der Waals surface area contributed by atoms with Crippen LogP contribution in [0.1, 0.15) is 27.9 Å². The zero-order valence-corrected chi connectivity index (χ0v) is 9.60. The molecule has 5 heteroatoms. The zero-order chi connectivity index (χ0) is 13.1. The van der Waals surface area contributed by atoms with E-state index in [4.69, 9.17) is 4.74 Å². The van der Waals surface area contributed by atoms with Crippen molar-refractivity contribution in [3.63, 3.8) is 0 Å². The predicted octanol–water partition coefficient (Wildman–Crippen LogP) is 3.23. The van der Waals surface area contributed by atoms with Crippen LogP contribution in [0.2, 0.25) is 0 Å². The van der Waals surface area contributed by atoms with Crippen LogP contribution in [-0.2, 0) is 10.9 Å². The van der Waals surface area contributed by atoms with Crippen molar-refractivity contribution >= 4 is 5.78 Å². The van der Waals surface area contributed by atoms with E-state index in [-0.39, 0.29) is 18.8 Å². The smallest absolute Gasteiger partial charge is 0.384 e. The highest BCUT2D eigenvalue weighted by Crippen LogP contribution is 2.30. The number of carbonyl (C=O) groups excluding carboxylic acids is 1. The molecule has 0 saturated carbocycles.